The summed E-state index contributed by atoms with van der Waals surface area (Å²) in [4.78, 5) is 22.5. The molecule has 0 spiro atoms. The van der Waals surface area contributed by atoms with Crippen LogP contribution in [-0.2, 0) is 0 Å². The highest BCUT2D eigenvalue weighted by Crippen LogP contribution is 2.29. The van der Waals surface area contributed by atoms with Crippen LogP contribution in [0.15, 0.2) is 36.0 Å². The molecule has 0 saturated carbocycles. The number of benzene rings is 1. The normalized spacial score (nSPS) is 19.6. The largest absolute Gasteiger partial charge is 0.388 e. The van der Waals surface area contributed by atoms with Gasteiger partial charge in [-0.2, -0.15) is 0 Å². The molecule has 18 heavy (non-hydrogen) atoms. The minimum Gasteiger partial charge on any atom is -0.388 e. The summed E-state index contributed by atoms with van der Waals surface area (Å²) in [6.07, 6.45) is 3.32. The molecule has 1 aromatic rings. The Labute approximate surface area is 107 Å². The van der Waals surface area contributed by atoms with Crippen molar-refractivity contribution in [2.75, 3.05) is 6.54 Å². The molecule has 0 amide bonds. The number of carbonyl (C=O) groups excluding carboxylic acids is 2. The van der Waals surface area contributed by atoms with Crippen molar-refractivity contribution >= 4 is 12.1 Å². The number of hydrogen-bond donors (Lipinski definition) is 1. The third kappa shape index (κ3) is 2.86. The molecule has 1 heterocycles. The van der Waals surface area contributed by atoms with E-state index in [9.17, 15) is 9.59 Å². The molecule has 1 N–H and O–H groups in total. The van der Waals surface area contributed by atoms with Gasteiger partial charge in [-0.3, -0.25) is 9.59 Å². The molecule has 1 aliphatic rings. The van der Waals surface area contributed by atoms with Crippen LogP contribution < -0.4 is 5.32 Å². The average Bonchev–Trinajstić information content (AvgIpc) is 2.68. The van der Waals surface area contributed by atoms with E-state index in [1.54, 1.807) is 30.3 Å². The highest BCUT2D eigenvalue weighted by Gasteiger charge is 2.26. The number of rotatable bonds is 3. The molecule has 1 aromatic carbocycles. The summed E-state index contributed by atoms with van der Waals surface area (Å²) in [5.41, 5.74) is 2.40. The van der Waals surface area contributed by atoms with Crippen LogP contribution >= 0.6 is 0 Å². The molecule has 0 aliphatic carbocycles. The Morgan fingerprint density at radius 1 is 1.28 bits per heavy atom. The van der Waals surface area contributed by atoms with E-state index in [1.807, 2.05) is 0 Å². The Bertz CT molecular complexity index is 498. The van der Waals surface area contributed by atoms with E-state index in [1.165, 1.54) is 0 Å². The lowest BCUT2D eigenvalue weighted by Crippen LogP contribution is -2.15. The first kappa shape index (κ1) is 12.6. The van der Waals surface area contributed by atoms with Crippen molar-refractivity contribution in [3.8, 4) is 0 Å². The van der Waals surface area contributed by atoms with Gasteiger partial charge in [-0.1, -0.05) is 38.1 Å². The topological polar surface area (TPSA) is 46.2 Å². The predicted molar refractivity (Wildman–Crippen MR) is 70.6 cm³/mol. The summed E-state index contributed by atoms with van der Waals surface area (Å²) in [5, 5.41) is 3.25. The molecule has 3 heteroatoms. The minimum atomic E-state index is -0.0207. The zero-order valence-corrected chi connectivity index (χ0v) is 10.7. The van der Waals surface area contributed by atoms with Crippen LogP contribution in [0.4, 0.5) is 0 Å². The van der Waals surface area contributed by atoms with E-state index >= 15 is 0 Å². The molecule has 2 rings (SSSR count). The van der Waals surface area contributed by atoms with Crippen molar-refractivity contribution in [3.63, 3.8) is 0 Å². The smallest absolute Gasteiger partial charge is 0.187 e. The first-order valence-corrected chi connectivity index (χ1v) is 6.04. The molecular weight excluding hydrogens is 226 g/mol. The van der Waals surface area contributed by atoms with Gasteiger partial charge in [-0.15, -0.1) is 0 Å². The first-order valence-electron chi connectivity index (χ1n) is 6.04. The van der Waals surface area contributed by atoms with Crippen LogP contribution in [0, 0.1) is 5.41 Å². The summed E-state index contributed by atoms with van der Waals surface area (Å²) in [5.74, 6) is -0.0207. The summed E-state index contributed by atoms with van der Waals surface area (Å²) < 4.78 is 0. The minimum absolute atomic E-state index is 0.0207. The van der Waals surface area contributed by atoms with Gasteiger partial charge in [0.15, 0.2) is 5.78 Å². The molecule has 94 valence electrons. The quantitative estimate of drug-likeness (QED) is 0.504. The van der Waals surface area contributed by atoms with E-state index in [0.29, 0.717) is 11.1 Å². The predicted octanol–water partition coefficient (Wildman–Crippen LogP) is 2.59. The molecule has 1 saturated heterocycles. The second-order valence-electron chi connectivity index (χ2n) is 5.47. The maximum atomic E-state index is 12.0. The number of ketones is 1. The lowest BCUT2D eigenvalue weighted by molar-refractivity contribution is 0.104. The van der Waals surface area contributed by atoms with Crippen LogP contribution in [0.5, 0.6) is 0 Å². The van der Waals surface area contributed by atoms with Gasteiger partial charge in [0, 0.05) is 29.4 Å². The van der Waals surface area contributed by atoms with E-state index in [0.717, 1.165) is 24.9 Å². The SMILES string of the molecule is CC1(C)CN/C(=C\C(=O)c2ccc(C=O)cc2)C1. The van der Waals surface area contributed by atoms with Gasteiger partial charge in [0.2, 0.25) is 0 Å². The van der Waals surface area contributed by atoms with Gasteiger partial charge >= 0.3 is 0 Å². The number of carbonyl (C=O) groups is 2. The molecule has 3 nitrogen and oxygen atoms in total. The average molecular weight is 243 g/mol. The van der Waals surface area contributed by atoms with Gasteiger partial charge in [0.25, 0.3) is 0 Å². The molecule has 0 bridgehead atoms. The van der Waals surface area contributed by atoms with Crippen LogP contribution in [0.1, 0.15) is 41.0 Å². The van der Waals surface area contributed by atoms with E-state index in [4.69, 9.17) is 0 Å². The fourth-order valence-electron chi connectivity index (χ4n) is 2.06. The zero-order chi connectivity index (χ0) is 13.2. The van der Waals surface area contributed by atoms with Crippen LogP contribution in [0.3, 0.4) is 0 Å². The molecule has 1 fully saturated rings. The number of nitrogens with one attached hydrogen (secondary N) is 1. The Hall–Kier alpha value is -1.90. The molecule has 0 radical (unpaired) electrons. The second-order valence-corrected chi connectivity index (χ2v) is 5.47. The van der Waals surface area contributed by atoms with E-state index < -0.39 is 0 Å². The van der Waals surface area contributed by atoms with Crippen LogP contribution in [-0.4, -0.2) is 18.6 Å². The second kappa shape index (κ2) is 4.77. The van der Waals surface area contributed by atoms with Crippen molar-refractivity contribution < 1.29 is 9.59 Å². The van der Waals surface area contributed by atoms with Gasteiger partial charge in [0.05, 0.1) is 0 Å². The fraction of sp³-hybridized carbons (Fsp3) is 0.333. The number of aldehydes is 1. The summed E-state index contributed by atoms with van der Waals surface area (Å²) in [6, 6.07) is 6.68. The molecule has 0 aromatic heterocycles. The van der Waals surface area contributed by atoms with Crippen LogP contribution in [0.25, 0.3) is 0 Å². The summed E-state index contributed by atoms with van der Waals surface area (Å²) in [6.45, 7) is 5.24. The summed E-state index contributed by atoms with van der Waals surface area (Å²) in [7, 11) is 0. The first-order chi connectivity index (χ1) is 8.50. The molecule has 0 unspecified atom stereocenters. The fourth-order valence-corrected chi connectivity index (χ4v) is 2.06. The molecule has 1 aliphatic heterocycles. The maximum absolute atomic E-state index is 12.0. The molecular formula is C15H17NO2. The van der Waals surface area contributed by atoms with Crippen molar-refractivity contribution in [3.05, 3.63) is 47.2 Å². The lowest BCUT2D eigenvalue weighted by Gasteiger charge is -2.12. The number of hydrogen-bond acceptors (Lipinski definition) is 3. The van der Waals surface area contributed by atoms with Gasteiger partial charge < -0.3 is 5.32 Å². The van der Waals surface area contributed by atoms with Crippen LogP contribution in [0.2, 0.25) is 0 Å². The Balaban J connectivity index is 2.12. The standard InChI is InChI=1S/C15H17NO2/c1-15(2)8-13(16-10-15)7-14(18)12-5-3-11(9-17)4-6-12/h3-7,9,16H,8,10H2,1-2H3/b13-7-. The maximum Gasteiger partial charge on any atom is 0.187 e. The highest BCUT2D eigenvalue weighted by atomic mass is 16.1. The Morgan fingerprint density at radius 2 is 1.94 bits per heavy atom. The Morgan fingerprint density at radius 3 is 2.44 bits per heavy atom. The van der Waals surface area contributed by atoms with E-state index in [2.05, 4.69) is 19.2 Å². The monoisotopic (exact) mass is 243 g/mol. The van der Waals surface area contributed by atoms with Crippen molar-refractivity contribution in [2.24, 2.45) is 5.41 Å². The third-order valence-corrected chi connectivity index (χ3v) is 3.10. The van der Waals surface area contributed by atoms with Gasteiger partial charge in [-0.05, 0) is 11.8 Å². The number of allylic oxidation sites excluding steroid dienone is 2. The third-order valence-electron chi connectivity index (χ3n) is 3.10. The van der Waals surface area contributed by atoms with Gasteiger partial charge in [-0.25, -0.2) is 0 Å². The summed E-state index contributed by atoms with van der Waals surface area (Å²) >= 11 is 0. The Kier molecular flexibility index (Phi) is 3.32. The van der Waals surface area contributed by atoms with E-state index in [-0.39, 0.29) is 11.2 Å². The van der Waals surface area contributed by atoms with Crippen molar-refractivity contribution in [2.45, 2.75) is 20.3 Å². The molecule has 0 atom stereocenters. The van der Waals surface area contributed by atoms with Crippen molar-refractivity contribution in [1.29, 1.82) is 0 Å². The van der Waals surface area contributed by atoms with Gasteiger partial charge in [0.1, 0.15) is 6.29 Å². The van der Waals surface area contributed by atoms with Crippen molar-refractivity contribution in [1.82, 2.24) is 5.32 Å². The lowest BCUT2D eigenvalue weighted by atomic mass is 9.92. The zero-order valence-electron chi connectivity index (χ0n) is 10.7. The highest BCUT2D eigenvalue weighted by molar-refractivity contribution is 6.05.